The number of fused-ring (bicyclic) bond motifs is 1. The van der Waals surface area contributed by atoms with E-state index in [1.165, 1.54) is 5.56 Å². The summed E-state index contributed by atoms with van der Waals surface area (Å²) in [6.07, 6.45) is 4.58. The Morgan fingerprint density at radius 1 is 1.35 bits per heavy atom. The molecular weight excluding hydrogens is 354 g/mol. The fourth-order valence-corrected chi connectivity index (χ4v) is 4.19. The molecule has 3 heterocycles. The largest absolute Gasteiger partial charge is 0.454 e. The van der Waals surface area contributed by atoms with E-state index in [-0.39, 0.29) is 18.1 Å². The van der Waals surface area contributed by atoms with E-state index >= 15 is 0 Å². The normalized spacial score (nSPS) is 21.9. The molecule has 0 saturated carbocycles. The Kier molecular flexibility index (Phi) is 4.31. The lowest BCUT2D eigenvalue weighted by Crippen LogP contribution is -2.46. The molecule has 2 aromatic rings. The maximum Gasteiger partial charge on any atom is 0.275 e. The van der Waals surface area contributed by atoms with Gasteiger partial charge in [0.1, 0.15) is 0 Å². The van der Waals surface area contributed by atoms with Gasteiger partial charge in [-0.05, 0) is 42.4 Å². The molecule has 1 saturated heterocycles. The van der Waals surface area contributed by atoms with Gasteiger partial charge in [-0.15, -0.1) is 0 Å². The summed E-state index contributed by atoms with van der Waals surface area (Å²) in [5.74, 6) is 1.51. The molecule has 7 heteroatoms. The van der Waals surface area contributed by atoms with Crippen molar-refractivity contribution < 1.29 is 14.3 Å². The number of aryl methyl sites for hydroxylation is 1. The molecule has 0 radical (unpaired) electrons. The van der Waals surface area contributed by atoms with Crippen LogP contribution in [0.4, 0.5) is 0 Å². The van der Waals surface area contributed by atoms with Crippen LogP contribution in [0, 0.1) is 5.41 Å². The molecule has 0 bridgehead atoms. The molecule has 0 N–H and O–H groups in total. The van der Waals surface area contributed by atoms with Crippen molar-refractivity contribution in [2.75, 3.05) is 19.9 Å². The number of hydrogen-bond acceptors (Lipinski definition) is 4. The maximum absolute atomic E-state index is 12.9. The number of benzene rings is 1. The zero-order chi connectivity index (χ0) is 18.3. The summed E-state index contributed by atoms with van der Waals surface area (Å²) in [6.45, 7) is 3.94. The molecule has 1 aromatic heterocycles. The van der Waals surface area contributed by atoms with Crippen molar-refractivity contribution in [3.63, 3.8) is 0 Å². The van der Waals surface area contributed by atoms with Gasteiger partial charge >= 0.3 is 0 Å². The van der Waals surface area contributed by atoms with Crippen LogP contribution >= 0.6 is 11.6 Å². The van der Waals surface area contributed by atoms with Gasteiger partial charge in [0, 0.05) is 26.3 Å². The van der Waals surface area contributed by atoms with Gasteiger partial charge in [0.15, 0.2) is 17.2 Å². The second-order valence-corrected chi connectivity index (χ2v) is 7.91. The highest BCUT2D eigenvalue weighted by molar-refractivity contribution is 6.33. The van der Waals surface area contributed by atoms with Crippen LogP contribution in [0.15, 0.2) is 24.4 Å². The molecule has 2 aliphatic rings. The lowest BCUT2D eigenvalue weighted by atomic mass is 9.77. The smallest absolute Gasteiger partial charge is 0.275 e. The molecule has 2 aliphatic heterocycles. The van der Waals surface area contributed by atoms with Gasteiger partial charge in [0.25, 0.3) is 5.91 Å². The van der Waals surface area contributed by atoms with Crippen LogP contribution in [0.2, 0.25) is 5.02 Å². The van der Waals surface area contributed by atoms with Crippen molar-refractivity contribution in [2.24, 2.45) is 12.5 Å². The van der Waals surface area contributed by atoms with Crippen LogP contribution in [0.5, 0.6) is 11.5 Å². The molecule has 4 rings (SSSR count). The third kappa shape index (κ3) is 3.26. The van der Waals surface area contributed by atoms with E-state index in [1.54, 1.807) is 17.9 Å². The summed E-state index contributed by atoms with van der Waals surface area (Å²) in [5.41, 5.74) is 1.53. The van der Waals surface area contributed by atoms with Gasteiger partial charge in [0.05, 0.1) is 5.02 Å². The fraction of sp³-hybridized carbons (Fsp3) is 0.474. The van der Waals surface area contributed by atoms with Gasteiger partial charge in [-0.2, -0.15) is 5.10 Å². The Hall–Kier alpha value is -2.21. The number of rotatable bonds is 3. The van der Waals surface area contributed by atoms with E-state index in [0.29, 0.717) is 17.3 Å². The van der Waals surface area contributed by atoms with Crippen molar-refractivity contribution in [1.82, 2.24) is 14.7 Å². The molecule has 26 heavy (non-hydrogen) atoms. The molecule has 1 aromatic carbocycles. The minimum atomic E-state index is -0.0905. The summed E-state index contributed by atoms with van der Waals surface area (Å²) >= 11 is 6.16. The van der Waals surface area contributed by atoms with Gasteiger partial charge < -0.3 is 14.4 Å². The summed E-state index contributed by atoms with van der Waals surface area (Å²) in [4.78, 5) is 14.7. The second-order valence-electron chi connectivity index (χ2n) is 7.50. The second kappa shape index (κ2) is 6.50. The highest BCUT2D eigenvalue weighted by Crippen LogP contribution is 2.38. The molecule has 6 nitrogen and oxygen atoms in total. The van der Waals surface area contributed by atoms with E-state index in [0.717, 1.165) is 37.3 Å². The average Bonchev–Trinajstić information content (AvgIpc) is 3.19. The first-order valence-corrected chi connectivity index (χ1v) is 9.18. The van der Waals surface area contributed by atoms with Crippen molar-refractivity contribution >= 4 is 17.5 Å². The maximum atomic E-state index is 12.9. The van der Waals surface area contributed by atoms with Crippen LogP contribution in [0.25, 0.3) is 0 Å². The Labute approximate surface area is 157 Å². The van der Waals surface area contributed by atoms with Gasteiger partial charge in [0.2, 0.25) is 6.79 Å². The SMILES string of the molecule is Cn1cc(Cl)c(C(=O)N2CCC[C@](C)(Cc3ccc4c(c3)OCO4)C2)n1. The van der Waals surface area contributed by atoms with Crippen LogP contribution in [0.1, 0.15) is 35.8 Å². The number of amides is 1. The van der Waals surface area contributed by atoms with Crippen molar-refractivity contribution in [1.29, 1.82) is 0 Å². The monoisotopic (exact) mass is 375 g/mol. The molecule has 1 amide bonds. The first-order valence-electron chi connectivity index (χ1n) is 8.80. The van der Waals surface area contributed by atoms with Gasteiger partial charge in [-0.3, -0.25) is 9.48 Å². The zero-order valence-electron chi connectivity index (χ0n) is 15.0. The average molecular weight is 376 g/mol. The number of carbonyl (C=O) groups excluding carboxylic acids is 1. The van der Waals surface area contributed by atoms with Gasteiger partial charge in [-0.1, -0.05) is 24.6 Å². The summed E-state index contributed by atoms with van der Waals surface area (Å²) in [7, 11) is 1.77. The molecule has 1 atom stereocenters. The molecule has 0 unspecified atom stereocenters. The lowest BCUT2D eigenvalue weighted by Gasteiger charge is -2.40. The Balaban J connectivity index is 1.50. The van der Waals surface area contributed by atoms with E-state index in [1.807, 2.05) is 17.0 Å². The number of aromatic nitrogens is 2. The highest BCUT2D eigenvalue weighted by atomic mass is 35.5. The highest BCUT2D eigenvalue weighted by Gasteiger charge is 2.35. The third-order valence-corrected chi connectivity index (χ3v) is 5.40. The number of carbonyl (C=O) groups is 1. The minimum Gasteiger partial charge on any atom is -0.454 e. The van der Waals surface area contributed by atoms with Crippen LogP contribution in [0.3, 0.4) is 0 Å². The summed E-state index contributed by atoms with van der Waals surface area (Å²) < 4.78 is 12.4. The Morgan fingerprint density at radius 3 is 2.92 bits per heavy atom. The number of hydrogen-bond donors (Lipinski definition) is 0. The minimum absolute atomic E-state index is 0.00284. The van der Waals surface area contributed by atoms with Crippen molar-refractivity contribution in [2.45, 2.75) is 26.2 Å². The zero-order valence-corrected chi connectivity index (χ0v) is 15.8. The Bertz CT molecular complexity index is 851. The Morgan fingerprint density at radius 2 is 2.15 bits per heavy atom. The van der Waals surface area contributed by atoms with E-state index in [9.17, 15) is 4.79 Å². The van der Waals surface area contributed by atoms with Crippen molar-refractivity contribution in [3.8, 4) is 11.5 Å². The van der Waals surface area contributed by atoms with Crippen LogP contribution < -0.4 is 9.47 Å². The standard InChI is InChI=1S/C19H22ClN3O3/c1-19(9-13-4-5-15-16(8-13)26-12-25-15)6-3-7-23(11-19)18(24)17-14(20)10-22(2)21-17/h4-5,8,10H,3,6-7,9,11-12H2,1-2H3/t19-/m1/s1. The predicted octanol–water partition coefficient (Wildman–Crippen LogP) is 3.29. The molecule has 0 aliphatic carbocycles. The quantitative estimate of drug-likeness (QED) is 0.826. The summed E-state index contributed by atoms with van der Waals surface area (Å²) in [5, 5.41) is 4.62. The van der Waals surface area contributed by atoms with Crippen LogP contribution in [-0.2, 0) is 13.5 Å². The summed E-state index contributed by atoms with van der Waals surface area (Å²) in [6, 6.07) is 6.08. The van der Waals surface area contributed by atoms with Gasteiger partial charge in [-0.25, -0.2) is 0 Å². The number of piperidine rings is 1. The molecule has 138 valence electrons. The predicted molar refractivity (Wildman–Crippen MR) is 97.7 cm³/mol. The number of nitrogens with zero attached hydrogens (tertiary/aromatic N) is 3. The fourth-order valence-electron chi connectivity index (χ4n) is 3.93. The lowest BCUT2D eigenvalue weighted by molar-refractivity contribution is 0.0544. The number of halogens is 1. The van der Waals surface area contributed by atoms with Crippen molar-refractivity contribution in [3.05, 3.63) is 40.7 Å². The van der Waals surface area contributed by atoms with Crippen LogP contribution in [-0.4, -0.2) is 40.5 Å². The van der Waals surface area contributed by atoms with E-state index < -0.39 is 0 Å². The topological polar surface area (TPSA) is 56.6 Å². The van der Waals surface area contributed by atoms with E-state index in [2.05, 4.69) is 18.1 Å². The molecular formula is C19H22ClN3O3. The molecule has 0 spiro atoms. The molecule has 1 fully saturated rings. The first kappa shape index (κ1) is 17.2. The van der Waals surface area contributed by atoms with E-state index in [4.69, 9.17) is 21.1 Å². The number of likely N-dealkylation sites (tertiary alicyclic amines) is 1. The number of ether oxygens (including phenoxy) is 2. The third-order valence-electron chi connectivity index (χ3n) is 5.12. The first-order chi connectivity index (χ1) is 12.4.